The Labute approximate surface area is 102 Å². The van der Waals surface area contributed by atoms with E-state index in [4.69, 9.17) is 0 Å². The lowest BCUT2D eigenvalue weighted by atomic mass is 9.91. The predicted octanol–water partition coefficient (Wildman–Crippen LogP) is 2.21. The zero-order chi connectivity index (χ0) is 12.9. The molecule has 0 aromatic heterocycles. The first-order chi connectivity index (χ1) is 8.58. The molecule has 1 aliphatic carbocycles. The quantitative estimate of drug-likeness (QED) is 0.692. The van der Waals surface area contributed by atoms with Crippen molar-refractivity contribution < 1.29 is 19.8 Å². The van der Waals surface area contributed by atoms with Crippen LogP contribution in [0.3, 0.4) is 0 Å². The van der Waals surface area contributed by atoms with Gasteiger partial charge >= 0.3 is 0 Å². The van der Waals surface area contributed by atoms with Crippen molar-refractivity contribution in [3.8, 4) is 5.75 Å². The Balaban J connectivity index is 2.42. The maximum Gasteiger partial charge on any atom is 0.233 e. The van der Waals surface area contributed by atoms with Crippen LogP contribution in [-0.2, 0) is 4.79 Å². The summed E-state index contributed by atoms with van der Waals surface area (Å²) in [6.07, 6.45) is 0.916. The van der Waals surface area contributed by atoms with Crippen molar-refractivity contribution in [3.05, 3.63) is 47.5 Å². The van der Waals surface area contributed by atoms with Gasteiger partial charge in [-0.25, -0.2) is 0 Å². The zero-order valence-corrected chi connectivity index (χ0v) is 9.18. The summed E-state index contributed by atoms with van der Waals surface area (Å²) in [5, 5.41) is 20.6. The molecule has 2 N–H and O–H groups in total. The fraction of sp³-hybridized carbons (Fsp3) is 0. The SMILES string of the molecule is O=C1C=C(O)c2cc3cccc(O)c3cc2C1=O. The smallest absolute Gasteiger partial charge is 0.233 e. The van der Waals surface area contributed by atoms with Crippen LogP contribution < -0.4 is 0 Å². The fourth-order valence-corrected chi connectivity index (χ4v) is 2.11. The van der Waals surface area contributed by atoms with Crippen LogP contribution in [0.2, 0.25) is 0 Å². The van der Waals surface area contributed by atoms with Gasteiger partial charge in [-0.15, -0.1) is 0 Å². The Morgan fingerprint density at radius 2 is 1.72 bits per heavy atom. The molecule has 18 heavy (non-hydrogen) atoms. The number of aromatic hydroxyl groups is 1. The number of fused-ring (bicyclic) bond motifs is 2. The van der Waals surface area contributed by atoms with E-state index in [1.54, 1.807) is 18.2 Å². The molecule has 0 bridgehead atoms. The molecule has 1 aliphatic rings. The van der Waals surface area contributed by atoms with Gasteiger partial charge in [0.25, 0.3) is 0 Å². The fourth-order valence-electron chi connectivity index (χ4n) is 2.11. The maximum atomic E-state index is 11.7. The Morgan fingerprint density at radius 3 is 2.50 bits per heavy atom. The normalized spacial score (nSPS) is 14.6. The zero-order valence-electron chi connectivity index (χ0n) is 9.18. The van der Waals surface area contributed by atoms with Gasteiger partial charge in [-0.2, -0.15) is 0 Å². The second-order valence-electron chi connectivity index (χ2n) is 4.12. The minimum Gasteiger partial charge on any atom is -0.507 e. The number of phenols is 1. The van der Waals surface area contributed by atoms with Gasteiger partial charge in [0.1, 0.15) is 11.5 Å². The summed E-state index contributed by atoms with van der Waals surface area (Å²) in [6.45, 7) is 0. The van der Waals surface area contributed by atoms with Crippen molar-refractivity contribution in [2.75, 3.05) is 0 Å². The molecule has 4 heteroatoms. The number of rotatable bonds is 0. The van der Waals surface area contributed by atoms with Gasteiger partial charge in [0, 0.05) is 22.6 Å². The van der Waals surface area contributed by atoms with Gasteiger partial charge in [-0.1, -0.05) is 12.1 Å². The molecule has 0 unspecified atom stereocenters. The Kier molecular flexibility index (Phi) is 2.01. The van der Waals surface area contributed by atoms with Crippen LogP contribution in [0.25, 0.3) is 16.5 Å². The minimum atomic E-state index is -0.755. The van der Waals surface area contributed by atoms with Crippen molar-refractivity contribution in [1.29, 1.82) is 0 Å². The monoisotopic (exact) mass is 240 g/mol. The van der Waals surface area contributed by atoms with Gasteiger partial charge in [-0.3, -0.25) is 9.59 Å². The largest absolute Gasteiger partial charge is 0.507 e. The molecule has 0 amide bonds. The number of benzene rings is 2. The molecule has 0 spiro atoms. The summed E-state index contributed by atoms with van der Waals surface area (Å²) in [7, 11) is 0. The van der Waals surface area contributed by atoms with E-state index in [2.05, 4.69) is 0 Å². The molecule has 0 heterocycles. The molecule has 0 atom stereocenters. The number of carbonyl (C=O) groups excluding carboxylic acids is 2. The number of aliphatic hydroxyl groups is 1. The summed E-state index contributed by atoms with van der Waals surface area (Å²) in [5.74, 6) is -1.62. The highest BCUT2D eigenvalue weighted by molar-refractivity contribution is 6.50. The summed E-state index contributed by atoms with van der Waals surface area (Å²) in [5.41, 5.74) is 0.437. The summed E-state index contributed by atoms with van der Waals surface area (Å²) in [6, 6.07) is 7.94. The van der Waals surface area contributed by atoms with Gasteiger partial charge in [0.05, 0.1) is 0 Å². The third kappa shape index (κ3) is 1.32. The molecule has 2 aromatic carbocycles. The van der Waals surface area contributed by atoms with Gasteiger partial charge in [0.2, 0.25) is 11.6 Å². The van der Waals surface area contributed by atoms with Gasteiger partial charge in [-0.05, 0) is 23.6 Å². The second-order valence-corrected chi connectivity index (χ2v) is 4.12. The molecule has 2 aromatic rings. The van der Waals surface area contributed by atoms with E-state index < -0.39 is 11.6 Å². The number of aliphatic hydroxyl groups excluding tert-OH is 1. The average molecular weight is 240 g/mol. The number of Topliss-reactive ketones (excluding diaryl/α,β-unsaturated/α-hetero) is 1. The number of allylic oxidation sites excluding steroid dienone is 1. The number of hydrogen-bond donors (Lipinski definition) is 2. The van der Waals surface area contributed by atoms with Crippen LogP contribution in [0.4, 0.5) is 0 Å². The maximum absolute atomic E-state index is 11.7. The highest BCUT2D eigenvalue weighted by Crippen LogP contribution is 2.32. The van der Waals surface area contributed by atoms with Crippen LogP contribution in [0.1, 0.15) is 15.9 Å². The van der Waals surface area contributed by atoms with Crippen molar-refractivity contribution in [2.45, 2.75) is 0 Å². The first-order valence-electron chi connectivity index (χ1n) is 5.33. The summed E-state index contributed by atoms with van der Waals surface area (Å²) >= 11 is 0. The third-order valence-electron chi connectivity index (χ3n) is 3.01. The van der Waals surface area contributed by atoms with Crippen LogP contribution in [0.15, 0.2) is 36.4 Å². The van der Waals surface area contributed by atoms with Crippen LogP contribution >= 0.6 is 0 Å². The minimum absolute atomic E-state index is 0.0320. The summed E-state index contributed by atoms with van der Waals surface area (Å²) < 4.78 is 0. The highest BCUT2D eigenvalue weighted by atomic mass is 16.3. The molecule has 3 rings (SSSR count). The van der Waals surface area contributed by atoms with E-state index in [1.165, 1.54) is 12.1 Å². The highest BCUT2D eigenvalue weighted by Gasteiger charge is 2.26. The number of hydrogen-bond acceptors (Lipinski definition) is 4. The van der Waals surface area contributed by atoms with Gasteiger partial charge in [0.15, 0.2) is 0 Å². The lowest BCUT2D eigenvalue weighted by molar-refractivity contribution is -0.111. The predicted molar refractivity (Wildman–Crippen MR) is 65.6 cm³/mol. The molecule has 0 saturated carbocycles. The van der Waals surface area contributed by atoms with E-state index in [0.29, 0.717) is 16.3 Å². The Morgan fingerprint density at radius 1 is 0.944 bits per heavy atom. The number of phenolic OH excluding ortho intramolecular Hbond substituents is 1. The van der Waals surface area contributed by atoms with E-state index in [1.807, 2.05) is 0 Å². The Hall–Kier alpha value is -2.62. The average Bonchev–Trinajstić information content (AvgIpc) is 2.35. The van der Waals surface area contributed by atoms with E-state index in [9.17, 15) is 19.8 Å². The first-order valence-corrected chi connectivity index (χ1v) is 5.33. The van der Waals surface area contributed by atoms with E-state index in [-0.39, 0.29) is 17.1 Å². The lowest BCUT2D eigenvalue weighted by Gasteiger charge is -2.13. The molecule has 0 aliphatic heterocycles. The standard InChI is InChI=1S/C14H8O4/c15-11-3-1-2-7-4-9-10(5-8(7)11)14(18)13(17)6-12(9)16/h1-6,15-16H. The molecule has 4 nitrogen and oxygen atoms in total. The Bertz CT molecular complexity index is 741. The molecular weight excluding hydrogens is 232 g/mol. The van der Waals surface area contributed by atoms with Crippen molar-refractivity contribution in [2.24, 2.45) is 0 Å². The molecule has 88 valence electrons. The summed E-state index contributed by atoms with van der Waals surface area (Å²) in [4.78, 5) is 23.1. The number of ketones is 2. The molecule has 0 radical (unpaired) electrons. The number of carbonyl (C=O) groups is 2. The van der Waals surface area contributed by atoms with Crippen LogP contribution in [-0.4, -0.2) is 21.8 Å². The second kappa shape index (κ2) is 3.43. The van der Waals surface area contributed by atoms with E-state index in [0.717, 1.165) is 6.08 Å². The topological polar surface area (TPSA) is 74.6 Å². The van der Waals surface area contributed by atoms with Crippen molar-refractivity contribution in [1.82, 2.24) is 0 Å². The first kappa shape index (κ1) is 10.5. The molecule has 0 fully saturated rings. The van der Waals surface area contributed by atoms with Crippen LogP contribution in [0, 0.1) is 0 Å². The third-order valence-corrected chi connectivity index (χ3v) is 3.01. The van der Waals surface area contributed by atoms with Crippen molar-refractivity contribution in [3.63, 3.8) is 0 Å². The molecular formula is C14H8O4. The van der Waals surface area contributed by atoms with E-state index >= 15 is 0 Å². The molecule has 0 saturated heterocycles. The van der Waals surface area contributed by atoms with Crippen molar-refractivity contribution >= 4 is 28.1 Å². The van der Waals surface area contributed by atoms with Crippen LogP contribution in [0.5, 0.6) is 5.75 Å². The lowest BCUT2D eigenvalue weighted by Crippen LogP contribution is -2.18. The van der Waals surface area contributed by atoms with Gasteiger partial charge < -0.3 is 10.2 Å².